The quantitative estimate of drug-likeness (QED) is 0.665. The first-order valence-electron chi connectivity index (χ1n) is 7.84. The molecule has 0 fully saturated rings. The molecule has 1 aromatic carbocycles. The number of ether oxygens (including phenoxy) is 2. The zero-order valence-electron chi connectivity index (χ0n) is 14.6. The van der Waals surface area contributed by atoms with Gasteiger partial charge in [-0.05, 0) is 31.2 Å². The molecule has 3 aromatic rings. The van der Waals surface area contributed by atoms with E-state index < -0.39 is 10.0 Å². The van der Waals surface area contributed by atoms with E-state index in [4.69, 9.17) is 9.47 Å². The molecule has 0 atom stereocenters. The first-order chi connectivity index (χ1) is 12.5. The number of nitrogens with one attached hydrogen (secondary N) is 1. The van der Waals surface area contributed by atoms with Crippen LogP contribution in [0, 0.1) is 0 Å². The number of thiophene rings is 1. The molecule has 0 aliphatic carbocycles. The molecule has 9 heteroatoms. The SMILES string of the molecule is CCn1nccc1-c1csc(S(=O)(=O)Nc2cc(OC)ccc2OC)c1. The molecule has 138 valence electrons. The van der Waals surface area contributed by atoms with E-state index in [9.17, 15) is 8.42 Å². The lowest BCUT2D eigenvalue weighted by Crippen LogP contribution is -2.12. The number of nitrogens with zero attached hydrogens (tertiary/aromatic N) is 2. The van der Waals surface area contributed by atoms with Crippen LogP contribution in [0.3, 0.4) is 0 Å². The molecule has 0 aliphatic rings. The second-order valence-electron chi connectivity index (χ2n) is 5.36. The largest absolute Gasteiger partial charge is 0.497 e. The molecular formula is C17H19N3O4S2. The van der Waals surface area contributed by atoms with Crippen molar-refractivity contribution < 1.29 is 17.9 Å². The van der Waals surface area contributed by atoms with Gasteiger partial charge in [0.05, 0.1) is 25.6 Å². The van der Waals surface area contributed by atoms with Crippen LogP contribution in [0.15, 0.2) is 46.1 Å². The molecule has 0 radical (unpaired) electrons. The minimum absolute atomic E-state index is 0.209. The van der Waals surface area contributed by atoms with Gasteiger partial charge in [-0.3, -0.25) is 9.40 Å². The van der Waals surface area contributed by atoms with Crippen LogP contribution in [0.25, 0.3) is 11.3 Å². The average molecular weight is 393 g/mol. The molecule has 0 unspecified atom stereocenters. The lowest BCUT2D eigenvalue weighted by atomic mass is 10.2. The fraction of sp³-hybridized carbons (Fsp3) is 0.235. The van der Waals surface area contributed by atoms with Gasteiger partial charge in [-0.15, -0.1) is 11.3 Å². The predicted octanol–water partition coefficient (Wildman–Crippen LogP) is 3.45. The van der Waals surface area contributed by atoms with E-state index in [-0.39, 0.29) is 4.21 Å². The van der Waals surface area contributed by atoms with Crippen LogP contribution in [0.5, 0.6) is 11.5 Å². The minimum atomic E-state index is -3.76. The van der Waals surface area contributed by atoms with Crippen LogP contribution < -0.4 is 14.2 Å². The minimum Gasteiger partial charge on any atom is -0.497 e. The smallest absolute Gasteiger partial charge is 0.271 e. The Kier molecular flexibility index (Phi) is 5.19. The van der Waals surface area contributed by atoms with Crippen LogP contribution in [0.4, 0.5) is 5.69 Å². The average Bonchev–Trinajstić information content (AvgIpc) is 3.30. The number of rotatable bonds is 7. The fourth-order valence-corrected chi connectivity index (χ4v) is 4.75. The number of aryl methyl sites for hydroxylation is 1. The molecule has 0 saturated heterocycles. The first kappa shape index (κ1) is 18.3. The number of sulfonamides is 1. The van der Waals surface area contributed by atoms with E-state index in [1.54, 1.807) is 35.8 Å². The second kappa shape index (κ2) is 7.38. The molecule has 0 bridgehead atoms. The topological polar surface area (TPSA) is 82.5 Å². The van der Waals surface area contributed by atoms with Gasteiger partial charge in [0.2, 0.25) is 0 Å². The Morgan fingerprint density at radius 2 is 2.00 bits per heavy atom. The monoisotopic (exact) mass is 393 g/mol. The van der Waals surface area contributed by atoms with Gasteiger partial charge in [0.1, 0.15) is 15.7 Å². The van der Waals surface area contributed by atoms with Crippen LogP contribution in [0.1, 0.15) is 6.92 Å². The summed E-state index contributed by atoms with van der Waals surface area (Å²) in [6, 6.07) is 8.43. The lowest BCUT2D eigenvalue weighted by molar-refractivity contribution is 0.405. The van der Waals surface area contributed by atoms with Crippen molar-refractivity contribution >= 4 is 27.0 Å². The highest BCUT2D eigenvalue weighted by atomic mass is 32.2. The van der Waals surface area contributed by atoms with Gasteiger partial charge in [0.15, 0.2) is 0 Å². The normalized spacial score (nSPS) is 11.3. The molecule has 0 spiro atoms. The summed E-state index contributed by atoms with van der Waals surface area (Å²) in [5.41, 5.74) is 2.01. The van der Waals surface area contributed by atoms with Gasteiger partial charge in [-0.1, -0.05) is 0 Å². The number of benzene rings is 1. The van der Waals surface area contributed by atoms with E-state index >= 15 is 0 Å². The Bertz CT molecular complexity index is 1010. The summed E-state index contributed by atoms with van der Waals surface area (Å²) in [6.45, 7) is 2.69. The second-order valence-corrected chi connectivity index (χ2v) is 8.18. The summed E-state index contributed by atoms with van der Waals surface area (Å²) >= 11 is 1.15. The number of hydrogen-bond donors (Lipinski definition) is 1. The number of anilines is 1. The van der Waals surface area contributed by atoms with Gasteiger partial charge >= 0.3 is 0 Å². The van der Waals surface area contributed by atoms with Crippen molar-refractivity contribution in [1.29, 1.82) is 0 Å². The molecule has 0 amide bonds. The van der Waals surface area contributed by atoms with Gasteiger partial charge < -0.3 is 9.47 Å². The van der Waals surface area contributed by atoms with Crippen molar-refractivity contribution in [2.75, 3.05) is 18.9 Å². The molecular weight excluding hydrogens is 374 g/mol. The van der Waals surface area contributed by atoms with E-state index in [0.29, 0.717) is 23.7 Å². The van der Waals surface area contributed by atoms with E-state index in [1.165, 1.54) is 14.2 Å². The summed E-state index contributed by atoms with van der Waals surface area (Å²) in [7, 11) is -0.760. The Morgan fingerprint density at radius 3 is 2.69 bits per heavy atom. The van der Waals surface area contributed by atoms with E-state index in [0.717, 1.165) is 22.6 Å². The number of hydrogen-bond acceptors (Lipinski definition) is 6. The first-order valence-corrected chi connectivity index (χ1v) is 10.2. The molecule has 26 heavy (non-hydrogen) atoms. The zero-order valence-corrected chi connectivity index (χ0v) is 16.2. The predicted molar refractivity (Wildman–Crippen MR) is 102 cm³/mol. The zero-order chi connectivity index (χ0) is 18.7. The molecule has 3 rings (SSSR count). The molecule has 0 saturated carbocycles. The van der Waals surface area contributed by atoms with E-state index in [1.807, 2.05) is 17.7 Å². The summed E-state index contributed by atoms with van der Waals surface area (Å²) < 4.78 is 40.6. The van der Waals surface area contributed by atoms with Crippen LogP contribution in [-0.4, -0.2) is 32.4 Å². The van der Waals surface area contributed by atoms with Crippen molar-refractivity contribution in [3.8, 4) is 22.8 Å². The van der Waals surface area contributed by atoms with Crippen molar-refractivity contribution in [1.82, 2.24) is 9.78 Å². The summed E-state index contributed by atoms with van der Waals surface area (Å²) in [6.07, 6.45) is 1.70. The molecule has 2 heterocycles. The molecule has 1 N–H and O–H groups in total. The number of methoxy groups -OCH3 is 2. The Morgan fingerprint density at radius 1 is 1.19 bits per heavy atom. The third-order valence-electron chi connectivity index (χ3n) is 3.80. The maximum absolute atomic E-state index is 12.8. The molecule has 2 aromatic heterocycles. The molecule has 0 aliphatic heterocycles. The lowest BCUT2D eigenvalue weighted by Gasteiger charge is -2.12. The summed E-state index contributed by atoms with van der Waals surface area (Å²) in [4.78, 5) is 0. The van der Waals surface area contributed by atoms with Crippen molar-refractivity contribution in [2.24, 2.45) is 0 Å². The standard InChI is InChI=1S/C17H19N3O4S2/c1-4-20-15(7-8-18-20)12-9-17(25-11-12)26(21,22)19-14-10-13(23-2)5-6-16(14)24-3/h5-11,19H,4H2,1-3H3. The summed E-state index contributed by atoms with van der Waals surface area (Å²) in [5, 5.41) is 6.02. The fourth-order valence-electron chi connectivity index (χ4n) is 2.51. The van der Waals surface area contributed by atoms with Crippen molar-refractivity contribution in [3.05, 3.63) is 41.9 Å². The third-order valence-corrected chi connectivity index (χ3v) is 6.61. The van der Waals surface area contributed by atoms with Crippen molar-refractivity contribution in [3.63, 3.8) is 0 Å². The number of aromatic nitrogens is 2. The highest BCUT2D eigenvalue weighted by molar-refractivity contribution is 7.94. The van der Waals surface area contributed by atoms with Crippen molar-refractivity contribution in [2.45, 2.75) is 17.7 Å². The highest BCUT2D eigenvalue weighted by Gasteiger charge is 2.20. The van der Waals surface area contributed by atoms with Crippen LogP contribution in [0.2, 0.25) is 0 Å². The summed E-state index contributed by atoms with van der Waals surface area (Å²) in [5.74, 6) is 0.942. The van der Waals surface area contributed by atoms with Gasteiger partial charge in [-0.25, -0.2) is 8.42 Å². The maximum Gasteiger partial charge on any atom is 0.271 e. The molecule has 7 nitrogen and oxygen atoms in total. The van der Waals surface area contributed by atoms with Crippen LogP contribution in [-0.2, 0) is 16.6 Å². The Hall–Kier alpha value is -2.52. The Labute approximate surface area is 156 Å². The van der Waals surface area contributed by atoms with Gasteiger partial charge in [-0.2, -0.15) is 5.10 Å². The highest BCUT2D eigenvalue weighted by Crippen LogP contribution is 2.33. The van der Waals surface area contributed by atoms with Crippen LogP contribution >= 0.6 is 11.3 Å². The third kappa shape index (κ3) is 3.54. The Balaban J connectivity index is 1.93. The maximum atomic E-state index is 12.8. The van der Waals surface area contributed by atoms with Gasteiger partial charge in [0, 0.05) is 29.8 Å². The van der Waals surface area contributed by atoms with E-state index in [2.05, 4.69) is 9.82 Å². The van der Waals surface area contributed by atoms with Gasteiger partial charge in [0.25, 0.3) is 10.0 Å².